The molecule has 4 heteroatoms. The Morgan fingerprint density at radius 1 is 1.21 bits per heavy atom. The van der Waals surface area contributed by atoms with Gasteiger partial charge in [0.1, 0.15) is 5.78 Å². The molecule has 0 unspecified atom stereocenters. The molecule has 0 heterocycles. The quantitative estimate of drug-likeness (QED) is 0.648. The molecule has 4 aliphatic carbocycles. The van der Waals surface area contributed by atoms with Crippen LogP contribution in [0, 0.1) is 28.6 Å². The summed E-state index contributed by atoms with van der Waals surface area (Å²) in [5.41, 5.74) is -0.428. The Morgan fingerprint density at radius 2 is 1.96 bits per heavy atom. The van der Waals surface area contributed by atoms with Crippen molar-refractivity contribution in [3.8, 4) is 0 Å². The van der Waals surface area contributed by atoms with Crippen LogP contribution >= 0.6 is 0 Å². The molecule has 0 aromatic heterocycles. The van der Waals surface area contributed by atoms with E-state index in [0.29, 0.717) is 30.5 Å². The van der Waals surface area contributed by atoms with Crippen LogP contribution in [0.1, 0.15) is 46.0 Å². The van der Waals surface area contributed by atoms with Crippen LogP contribution in [0.2, 0.25) is 0 Å². The SMILES string of the molecule is C[C@]12C=CC(=O)C(F)=C1/C(=C/F)C[C@@H]1[C@@H]2CC[C@]2(C)C(=O)CC[C@@H]12. The first kappa shape index (κ1) is 15.9. The van der Waals surface area contributed by atoms with E-state index in [0.717, 1.165) is 19.3 Å². The number of fused-ring (bicyclic) bond motifs is 5. The van der Waals surface area contributed by atoms with Gasteiger partial charge >= 0.3 is 0 Å². The predicted molar refractivity (Wildman–Crippen MR) is 86.2 cm³/mol. The van der Waals surface area contributed by atoms with E-state index in [1.807, 2.05) is 6.92 Å². The van der Waals surface area contributed by atoms with E-state index in [1.165, 1.54) is 6.08 Å². The number of Topliss-reactive ketones (excluding diaryl/α,β-unsaturated/α-hetero) is 1. The molecule has 0 radical (unpaired) electrons. The molecule has 24 heavy (non-hydrogen) atoms. The molecule has 0 aromatic rings. The van der Waals surface area contributed by atoms with Gasteiger partial charge in [0, 0.05) is 22.8 Å². The monoisotopic (exact) mass is 332 g/mol. The summed E-state index contributed by atoms with van der Waals surface area (Å²) in [6.07, 6.45) is 7.02. The van der Waals surface area contributed by atoms with Gasteiger partial charge < -0.3 is 0 Å². The Bertz CT molecular complexity index is 732. The van der Waals surface area contributed by atoms with E-state index in [4.69, 9.17) is 0 Å². The lowest BCUT2D eigenvalue weighted by Gasteiger charge is -2.55. The minimum absolute atomic E-state index is 0.148. The summed E-state index contributed by atoms with van der Waals surface area (Å²) in [4.78, 5) is 24.2. The maximum Gasteiger partial charge on any atom is 0.214 e. The van der Waals surface area contributed by atoms with Crippen LogP contribution < -0.4 is 0 Å². The topological polar surface area (TPSA) is 34.1 Å². The van der Waals surface area contributed by atoms with E-state index in [1.54, 1.807) is 6.08 Å². The summed E-state index contributed by atoms with van der Waals surface area (Å²) in [6.45, 7) is 3.97. The van der Waals surface area contributed by atoms with Crippen LogP contribution in [0.3, 0.4) is 0 Å². The minimum Gasteiger partial charge on any atom is -0.299 e. The highest BCUT2D eigenvalue weighted by Gasteiger charge is 2.60. The van der Waals surface area contributed by atoms with Gasteiger partial charge in [-0.25, -0.2) is 8.78 Å². The molecule has 0 amide bonds. The van der Waals surface area contributed by atoms with Crippen molar-refractivity contribution in [1.82, 2.24) is 0 Å². The molecule has 0 spiro atoms. The average molecular weight is 332 g/mol. The summed E-state index contributed by atoms with van der Waals surface area (Å²) >= 11 is 0. The maximum absolute atomic E-state index is 14.6. The van der Waals surface area contributed by atoms with Gasteiger partial charge in [-0.15, -0.1) is 0 Å². The molecule has 3 saturated carbocycles. The number of carbonyl (C=O) groups excluding carboxylic acids is 2. The number of rotatable bonds is 0. The number of carbonyl (C=O) groups is 2. The predicted octanol–water partition coefficient (Wildman–Crippen LogP) is 4.62. The van der Waals surface area contributed by atoms with Crippen LogP contribution in [-0.4, -0.2) is 11.6 Å². The molecule has 5 atom stereocenters. The van der Waals surface area contributed by atoms with Crippen LogP contribution in [0.25, 0.3) is 0 Å². The first-order valence-electron chi connectivity index (χ1n) is 8.79. The Hall–Kier alpha value is -1.58. The van der Waals surface area contributed by atoms with E-state index < -0.39 is 17.0 Å². The van der Waals surface area contributed by atoms with Crippen molar-refractivity contribution in [1.29, 1.82) is 0 Å². The van der Waals surface area contributed by atoms with Gasteiger partial charge in [-0.05, 0) is 55.1 Å². The largest absolute Gasteiger partial charge is 0.299 e. The smallest absolute Gasteiger partial charge is 0.214 e. The van der Waals surface area contributed by atoms with Crippen LogP contribution in [0.5, 0.6) is 0 Å². The average Bonchev–Trinajstić information content (AvgIpc) is 2.86. The Morgan fingerprint density at radius 3 is 2.67 bits per heavy atom. The van der Waals surface area contributed by atoms with E-state index in [9.17, 15) is 18.4 Å². The third-order valence-corrected chi connectivity index (χ3v) is 7.38. The van der Waals surface area contributed by atoms with Crippen molar-refractivity contribution in [3.63, 3.8) is 0 Å². The zero-order chi connectivity index (χ0) is 17.3. The van der Waals surface area contributed by atoms with Crippen molar-refractivity contribution in [2.45, 2.75) is 46.0 Å². The van der Waals surface area contributed by atoms with Gasteiger partial charge in [0.2, 0.25) is 5.78 Å². The molecule has 128 valence electrons. The molecule has 3 fully saturated rings. The van der Waals surface area contributed by atoms with Gasteiger partial charge in [-0.1, -0.05) is 19.9 Å². The second-order valence-corrected chi connectivity index (χ2v) is 8.30. The summed E-state index contributed by atoms with van der Waals surface area (Å²) in [7, 11) is 0. The van der Waals surface area contributed by atoms with Gasteiger partial charge in [0.15, 0.2) is 5.83 Å². The zero-order valence-corrected chi connectivity index (χ0v) is 14.1. The van der Waals surface area contributed by atoms with E-state index in [2.05, 4.69) is 6.92 Å². The molecule has 4 aliphatic rings. The highest BCUT2D eigenvalue weighted by atomic mass is 19.1. The molecule has 2 nitrogen and oxygen atoms in total. The van der Waals surface area contributed by atoms with Gasteiger partial charge in [0.25, 0.3) is 0 Å². The van der Waals surface area contributed by atoms with Crippen LogP contribution in [0.4, 0.5) is 8.78 Å². The second kappa shape index (κ2) is 4.96. The van der Waals surface area contributed by atoms with Crippen molar-refractivity contribution in [2.24, 2.45) is 28.6 Å². The lowest BCUT2D eigenvalue weighted by Crippen LogP contribution is -2.50. The first-order valence-corrected chi connectivity index (χ1v) is 8.79. The molecule has 0 aromatic carbocycles. The van der Waals surface area contributed by atoms with Crippen molar-refractivity contribution >= 4 is 11.6 Å². The fraction of sp³-hybridized carbons (Fsp3) is 0.600. The highest BCUT2D eigenvalue weighted by Crippen LogP contribution is 2.65. The third-order valence-electron chi connectivity index (χ3n) is 7.38. The van der Waals surface area contributed by atoms with Gasteiger partial charge in [0.05, 0.1) is 6.33 Å². The molecule has 0 bridgehead atoms. The Balaban J connectivity index is 1.84. The summed E-state index contributed by atoms with van der Waals surface area (Å²) in [5.74, 6) is -0.614. The third kappa shape index (κ3) is 1.80. The molecule has 0 saturated heterocycles. The Labute approximate surface area is 140 Å². The number of hydrogen-bond donors (Lipinski definition) is 0. The van der Waals surface area contributed by atoms with Crippen LogP contribution in [0.15, 0.2) is 35.5 Å². The maximum atomic E-state index is 14.6. The van der Waals surface area contributed by atoms with Crippen molar-refractivity contribution in [2.75, 3.05) is 0 Å². The number of allylic oxidation sites excluding steroid dienone is 5. The number of hydrogen-bond acceptors (Lipinski definition) is 2. The summed E-state index contributed by atoms with van der Waals surface area (Å²) in [6, 6.07) is 0. The standard InChI is InChI=1S/C20H22F2O2/c1-19-7-5-14-12(13(19)3-4-16(19)24)9-11(10-21)17-18(22)15(23)6-8-20(14,17)2/h6,8,10,12-14H,3-5,7,9H2,1-2H3/b11-10+/t12-,13-,14-,19-,20+/m0/s1. The first-order chi connectivity index (χ1) is 11.3. The molecule has 0 N–H and O–H groups in total. The van der Waals surface area contributed by atoms with Gasteiger partial charge in [-0.2, -0.15) is 0 Å². The Kier molecular flexibility index (Phi) is 3.29. The lowest BCUT2D eigenvalue weighted by molar-refractivity contribution is -0.131. The summed E-state index contributed by atoms with van der Waals surface area (Å²) in [5, 5.41) is 0. The second-order valence-electron chi connectivity index (χ2n) is 8.30. The van der Waals surface area contributed by atoms with Crippen molar-refractivity contribution < 1.29 is 18.4 Å². The lowest BCUT2D eigenvalue weighted by atomic mass is 9.47. The number of ketones is 2. The molecule has 0 aliphatic heterocycles. The molecular weight excluding hydrogens is 310 g/mol. The van der Waals surface area contributed by atoms with Crippen LogP contribution in [-0.2, 0) is 9.59 Å². The van der Waals surface area contributed by atoms with Gasteiger partial charge in [-0.3, -0.25) is 9.59 Å². The van der Waals surface area contributed by atoms with E-state index >= 15 is 0 Å². The fourth-order valence-electron chi connectivity index (χ4n) is 6.10. The zero-order valence-electron chi connectivity index (χ0n) is 14.1. The molecule has 4 rings (SSSR count). The minimum atomic E-state index is -0.807. The normalized spacial score (nSPS) is 46.2. The number of halogens is 2. The van der Waals surface area contributed by atoms with E-state index in [-0.39, 0.29) is 28.7 Å². The highest BCUT2D eigenvalue weighted by molar-refractivity contribution is 6.05. The summed E-state index contributed by atoms with van der Waals surface area (Å²) < 4.78 is 28.2. The fourth-order valence-corrected chi connectivity index (χ4v) is 6.10. The molecular formula is C20H22F2O2. The van der Waals surface area contributed by atoms with Crippen molar-refractivity contribution in [3.05, 3.63) is 35.5 Å².